The highest BCUT2D eigenvalue weighted by molar-refractivity contribution is 5.69. The van der Waals surface area contributed by atoms with Gasteiger partial charge in [-0.3, -0.25) is 0 Å². The average molecular weight is 219 g/mol. The molecule has 0 unspecified atom stereocenters. The molecule has 86 valence electrons. The second kappa shape index (κ2) is 3.31. The number of alkyl carbamates (subject to hydrolysis) is 1. The number of hydrogen-bond acceptors (Lipinski definition) is 6. The van der Waals surface area contributed by atoms with Crippen LogP contribution < -0.4 is 5.32 Å². The number of aliphatic hydroxyl groups is 4. The van der Waals surface area contributed by atoms with E-state index in [1.807, 2.05) is 0 Å². The van der Waals surface area contributed by atoms with Gasteiger partial charge < -0.3 is 30.5 Å². The van der Waals surface area contributed by atoms with Gasteiger partial charge in [0.25, 0.3) is 0 Å². The van der Waals surface area contributed by atoms with Crippen LogP contribution >= 0.6 is 0 Å². The van der Waals surface area contributed by atoms with Crippen molar-refractivity contribution in [3.63, 3.8) is 0 Å². The molecule has 1 aliphatic carbocycles. The topological polar surface area (TPSA) is 119 Å². The number of fused-ring (bicyclic) bond motifs is 2. The van der Waals surface area contributed by atoms with Gasteiger partial charge in [0.05, 0.1) is 12.6 Å². The Hall–Kier alpha value is -0.890. The average Bonchev–Trinajstić information content (AvgIpc) is 2.23. The lowest BCUT2D eigenvalue weighted by molar-refractivity contribution is -0.219. The molecule has 0 spiro atoms. The van der Waals surface area contributed by atoms with E-state index in [0.717, 1.165) is 0 Å². The molecule has 5 atom stereocenters. The van der Waals surface area contributed by atoms with Crippen molar-refractivity contribution in [3.8, 4) is 0 Å². The van der Waals surface area contributed by atoms with E-state index < -0.39 is 42.7 Å². The fourth-order valence-corrected chi connectivity index (χ4v) is 2.14. The lowest BCUT2D eigenvalue weighted by Crippen LogP contribution is -2.72. The summed E-state index contributed by atoms with van der Waals surface area (Å²) in [7, 11) is 0. The first-order chi connectivity index (χ1) is 7.00. The summed E-state index contributed by atoms with van der Waals surface area (Å²) in [5.41, 5.74) is -1.51. The highest BCUT2D eigenvalue weighted by Gasteiger charge is 2.57. The third-order valence-corrected chi connectivity index (χ3v) is 3.06. The number of carbonyl (C=O) groups excluding carboxylic acids is 1. The van der Waals surface area contributed by atoms with E-state index in [4.69, 9.17) is 9.84 Å². The van der Waals surface area contributed by atoms with Crippen LogP contribution in [0.4, 0.5) is 4.79 Å². The molecule has 1 aliphatic heterocycles. The third-order valence-electron chi connectivity index (χ3n) is 3.06. The fraction of sp³-hybridized carbons (Fsp3) is 0.875. The Morgan fingerprint density at radius 3 is 2.67 bits per heavy atom. The molecule has 0 radical (unpaired) electrons. The van der Waals surface area contributed by atoms with Gasteiger partial charge >= 0.3 is 6.09 Å². The first-order valence-electron chi connectivity index (χ1n) is 4.65. The highest BCUT2D eigenvalue weighted by Crippen LogP contribution is 2.35. The summed E-state index contributed by atoms with van der Waals surface area (Å²) in [6.45, 7) is -0.595. The molecule has 1 saturated heterocycles. The zero-order valence-corrected chi connectivity index (χ0v) is 7.83. The van der Waals surface area contributed by atoms with Gasteiger partial charge in [-0.15, -0.1) is 0 Å². The van der Waals surface area contributed by atoms with Crippen LogP contribution in [-0.4, -0.2) is 63.1 Å². The Morgan fingerprint density at radius 2 is 2.07 bits per heavy atom. The minimum absolute atomic E-state index is 0.0641. The number of aliphatic hydroxyl groups excluding tert-OH is 4. The summed E-state index contributed by atoms with van der Waals surface area (Å²) in [4.78, 5) is 11.1. The van der Waals surface area contributed by atoms with Gasteiger partial charge in [-0.1, -0.05) is 0 Å². The van der Waals surface area contributed by atoms with E-state index in [1.54, 1.807) is 0 Å². The minimum Gasteiger partial charge on any atom is -0.438 e. The summed E-state index contributed by atoms with van der Waals surface area (Å²) >= 11 is 0. The minimum atomic E-state index is -1.51. The Balaban J connectivity index is 2.32. The van der Waals surface area contributed by atoms with Crippen molar-refractivity contribution >= 4 is 6.09 Å². The SMILES string of the molecule is O=C1N[C@@H]2C[C@](CO)(O1)[C@H](O)[C@H](O)[C@H]2O. The third kappa shape index (κ3) is 1.39. The van der Waals surface area contributed by atoms with Gasteiger partial charge in [0.2, 0.25) is 0 Å². The number of hydrogen-bond donors (Lipinski definition) is 5. The molecule has 7 nitrogen and oxygen atoms in total. The number of nitrogens with one attached hydrogen (secondary N) is 1. The van der Waals surface area contributed by atoms with Gasteiger partial charge in [-0.2, -0.15) is 0 Å². The molecule has 0 aromatic rings. The fourth-order valence-electron chi connectivity index (χ4n) is 2.14. The van der Waals surface area contributed by atoms with Gasteiger partial charge in [-0.05, 0) is 0 Å². The van der Waals surface area contributed by atoms with Crippen molar-refractivity contribution in [1.29, 1.82) is 0 Å². The van der Waals surface area contributed by atoms with Crippen molar-refractivity contribution < 1.29 is 30.0 Å². The summed E-state index contributed by atoms with van der Waals surface area (Å²) in [6, 6.07) is -0.711. The Bertz CT molecular complexity index is 284. The van der Waals surface area contributed by atoms with Gasteiger partial charge in [0, 0.05) is 6.42 Å². The largest absolute Gasteiger partial charge is 0.438 e. The van der Waals surface area contributed by atoms with Crippen LogP contribution in [0.3, 0.4) is 0 Å². The zero-order valence-electron chi connectivity index (χ0n) is 7.83. The lowest BCUT2D eigenvalue weighted by atomic mass is 9.75. The quantitative estimate of drug-likeness (QED) is 0.328. The molecule has 2 fully saturated rings. The highest BCUT2D eigenvalue weighted by atomic mass is 16.6. The maximum Gasteiger partial charge on any atom is 0.408 e. The van der Waals surface area contributed by atoms with E-state index in [1.165, 1.54) is 0 Å². The normalized spacial score (nSPS) is 49.5. The second-order valence-electron chi connectivity index (χ2n) is 3.99. The summed E-state index contributed by atoms with van der Waals surface area (Å²) in [6.07, 6.45) is -4.94. The summed E-state index contributed by atoms with van der Waals surface area (Å²) in [5, 5.41) is 40.1. The second-order valence-corrected chi connectivity index (χ2v) is 3.99. The van der Waals surface area contributed by atoms with E-state index in [0.29, 0.717) is 0 Å². The molecule has 7 heteroatoms. The lowest BCUT2D eigenvalue weighted by Gasteiger charge is -2.50. The number of ether oxygens (including phenoxy) is 1. The van der Waals surface area contributed by atoms with Crippen LogP contribution in [0.1, 0.15) is 6.42 Å². The standard InChI is InChI=1S/C8H13NO6/c10-2-8-1-3(9-7(14)15-8)4(11)5(12)6(8)13/h3-6,10-13H,1-2H2,(H,9,14)/t3-,4+,5-,6-,8-/m1/s1. The maximum absolute atomic E-state index is 11.1. The molecular formula is C8H13NO6. The van der Waals surface area contributed by atoms with E-state index in [2.05, 4.69) is 5.32 Å². The van der Waals surface area contributed by atoms with Crippen molar-refractivity contribution in [2.45, 2.75) is 36.4 Å². The predicted octanol–water partition coefficient (Wildman–Crippen LogP) is -2.69. The van der Waals surface area contributed by atoms with Crippen LogP contribution in [-0.2, 0) is 4.74 Å². The molecule has 0 aromatic carbocycles. The Kier molecular flexibility index (Phi) is 2.34. The van der Waals surface area contributed by atoms with Crippen molar-refractivity contribution in [1.82, 2.24) is 5.32 Å². The molecule has 2 rings (SSSR count). The zero-order chi connectivity index (χ0) is 11.2. The van der Waals surface area contributed by atoms with E-state index in [-0.39, 0.29) is 6.42 Å². The predicted molar refractivity (Wildman–Crippen MR) is 45.9 cm³/mol. The maximum atomic E-state index is 11.1. The van der Waals surface area contributed by atoms with Crippen LogP contribution in [0.25, 0.3) is 0 Å². The summed E-state index contributed by atoms with van der Waals surface area (Å²) in [5.74, 6) is 0. The number of rotatable bonds is 1. The smallest absolute Gasteiger partial charge is 0.408 e. The molecule has 1 saturated carbocycles. The molecular weight excluding hydrogens is 206 g/mol. The Morgan fingerprint density at radius 1 is 1.40 bits per heavy atom. The van der Waals surface area contributed by atoms with Crippen LogP contribution in [0, 0.1) is 0 Å². The molecule has 2 aliphatic rings. The van der Waals surface area contributed by atoms with E-state index in [9.17, 15) is 20.1 Å². The van der Waals surface area contributed by atoms with Crippen LogP contribution in [0.2, 0.25) is 0 Å². The van der Waals surface area contributed by atoms with Crippen molar-refractivity contribution in [2.24, 2.45) is 0 Å². The van der Waals surface area contributed by atoms with Crippen molar-refractivity contribution in [2.75, 3.05) is 6.61 Å². The van der Waals surface area contributed by atoms with E-state index >= 15 is 0 Å². The molecule has 15 heavy (non-hydrogen) atoms. The molecule has 1 amide bonds. The summed E-state index contributed by atoms with van der Waals surface area (Å²) < 4.78 is 4.80. The molecule has 1 heterocycles. The first kappa shape index (κ1) is 10.6. The van der Waals surface area contributed by atoms with Gasteiger partial charge in [-0.25, -0.2) is 4.79 Å². The van der Waals surface area contributed by atoms with Crippen LogP contribution in [0.15, 0.2) is 0 Å². The van der Waals surface area contributed by atoms with Crippen LogP contribution in [0.5, 0.6) is 0 Å². The van der Waals surface area contributed by atoms with Gasteiger partial charge in [0.15, 0.2) is 5.60 Å². The number of amides is 1. The monoisotopic (exact) mass is 219 g/mol. The first-order valence-corrected chi connectivity index (χ1v) is 4.65. The van der Waals surface area contributed by atoms with Gasteiger partial charge in [0.1, 0.15) is 18.3 Å². The number of carbonyl (C=O) groups is 1. The molecule has 2 bridgehead atoms. The Labute approximate surface area is 85.3 Å². The van der Waals surface area contributed by atoms with Crippen molar-refractivity contribution in [3.05, 3.63) is 0 Å². The molecule has 5 N–H and O–H groups in total. The molecule has 0 aromatic heterocycles.